The Morgan fingerprint density at radius 2 is 1.89 bits per heavy atom. The minimum absolute atomic E-state index is 0.0164. The summed E-state index contributed by atoms with van der Waals surface area (Å²) >= 11 is 5.98. The largest absolute Gasteiger partial charge is 0.353 e. The van der Waals surface area contributed by atoms with Crippen LogP contribution in [0.4, 0.5) is 0 Å². The van der Waals surface area contributed by atoms with Crippen LogP contribution >= 0.6 is 11.6 Å². The fourth-order valence-corrected chi connectivity index (χ4v) is 3.61. The number of aryl methyl sites for hydroxylation is 1. The van der Waals surface area contributed by atoms with E-state index in [1.54, 1.807) is 15.5 Å². The Morgan fingerprint density at radius 1 is 1.22 bits per heavy atom. The van der Waals surface area contributed by atoms with E-state index in [2.05, 4.69) is 5.32 Å². The van der Waals surface area contributed by atoms with Gasteiger partial charge in [0.15, 0.2) is 0 Å². The summed E-state index contributed by atoms with van der Waals surface area (Å²) < 4.78 is 1.81. The normalized spacial score (nSPS) is 16.5. The van der Waals surface area contributed by atoms with Gasteiger partial charge in [-0.3, -0.25) is 9.59 Å². The summed E-state index contributed by atoms with van der Waals surface area (Å²) in [6.45, 7) is 4.88. The molecular weight excluding hydrogens is 362 g/mol. The summed E-state index contributed by atoms with van der Waals surface area (Å²) in [4.78, 5) is 27.5. The van der Waals surface area contributed by atoms with E-state index in [0.717, 1.165) is 12.0 Å². The molecule has 2 amide bonds. The van der Waals surface area contributed by atoms with Crippen molar-refractivity contribution >= 4 is 23.4 Å². The Morgan fingerprint density at radius 3 is 2.44 bits per heavy atom. The van der Waals surface area contributed by atoms with Gasteiger partial charge in [-0.25, -0.2) is 0 Å². The zero-order chi connectivity index (χ0) is 19.6. The second-order valence-corrected chi connectivity index (χ2v) is 7.97. The number of aromatic nitrogens is 1. The number of amides is 2. The number of hydrogen-bond donors (Lipinski definition) is 1. The van der Waals surface area contributed by atoms with Crippen LogP contribution in [0.5, 0.6) is 0 Å². The number of nitrogens with one attached hydrogen (secondary N) is 1. The van der Waals surface area contributed by atoms with E-state index in [0.29, 0.717) is 30.2 Å². The Kier molecular flexibility index (Phi) is 5.61. The van der Waals surface area contributed by atoms with Gasteiger partial charge in [-0.2, -0.15) is 0 Å². The van der Waals surface area contributed by atoms with Crippen LogP contribution in [0.15, 0.2) is 42.6 Å². The lowest BCUT2D eigenvalue weighted by atomic mass is 9.73. The van der Waals surface area contributed by atoms with E-state index in [-0.39, 0.29) is 17.9 Å². The first-order valence-electron chi connectivity index (χ1n) is 9.30. The number of nitrogens with zero attached hydrogens (tertiary/aromatic N) is 2. The number of carbonyl (C=O) groups excluding carboxylic acids is 2. The highest BCUT2D eigenvalue weighted by atomic mass is 35.5. The quantitative estimate of drug-likeness (QED) is 0.827. The van der Waals surface area contributed by atoms with Crippen LogP contribution in [-0.4, -0.2) is 40.4 Å². The summed E-state index contributed by atoms with van der Waals surface area (Å²) in [7, 11) is 1.85. The lowest BCUT2D eigenvalue weighted by Gasteiger charge is -2.49. The number of halogens is 1. The molecule has 3 rings (SSSR count). The molecule has 27 heavy (non-hydrogen) atoms. The van der Waals surface area contributed by atoms with Crippen molar-refractivity contribution in [2.75, 3.05) is 13.1 Å². The molecule has 1 N–H and O–H groups in total. The van der Waals surface area contributed by atoms with Crippen molar-refractivity contribution in [3.63, 3.8) is 0 Å². The standard InChI is InChI=1S/C21H26ClN3O2/c1-4-15(2)23-20(27)21(12-16-7-9-17(22)10-8-16)13-25(14-21)19(26)18-6-5-11-24(18)3/h5-11,15H,4,12-14H2,1-3H3,(H,23,27). The van der Waals surface area contributed by atoms with Gasteiger partial charge in [0.1, 0.15) is 5.69 Å². The van der Waals surface area contributed by atoms with E-state index in [9.17, 15) is 9.59 Å². The van der Waals surface area contributed by atoms with Crippen LogP contribution in [-0.2, 0) is 18.3 Å². The van der Waals surface area contributed by atoms with Crippen molar-refractivity contribution < 1.29 is 9.59 Å². The van der Waals surface area contributed by atoms with Crippen LogP contribution in [0.25, 0.3) is 0 Å². The third kappa shape index (κ3) is 4.03. The number of carbonyl (C=O) groups is 2. The molecule has 1 saturated heterocycles. The number of likely N-dealkylation sites (tertiary alicyclic amines) is 1. The molecule has 0 saturated carbocycles. The average molecular weight is 388 g/mol. The molecule has 0 aliphatic carbocycles. The van der Waals surface area contributed by atoms with Crippen molar-refractivity contribution in [2.45, 2.75) is 32.7 Å². The molecular formula is C21H26ClN3O2. The molecule has 1 aromatic heterocycles. The summed E-state index contributed by atoms with van der Waals surface area (Å²) in [5.41, 5.74) is 1.08. The molecule has 2 heterocycles. The molecule has 0 spiro atoms. The van der Waals surface area contributed by atoms with Gasteiger partial charge < -0.3 is 14.8 Å². The molecule has 1 unspecified atom stereocenters. The van der Waals surface area contributed by atoms with Gasteiger partial charge in [0.2, 0.25) is 5.91 Å². The van der Waals surface area contributed by atoms with Gasteiger partial charge in [-0.1, -0.05) is 30.7 Å². The first-order chi connectivity index (χ1) is 12.8. The van der Waals surface area contributed by atoms with Gasteiger partial charge in [0.25, 0.3) is 5.91 Å². The van der Waals surface area contributed by atoms with Crippen LogP contribution < -0.4 is 5.32 Å². The number of hydrogen-bond acceptors (Lipinski definition) is 2. The third-order valence-electron chi connectivity index (χ3n) is 5.36. The molecule has 1 aliphatic heterocycles. The Labute approximate surface area is 165 Å². The smallest absolute Gasteiger partial charge is 0.270 e. The zero-order valence-electron chi connectivity index (χ0n) is 16.0. The van der Waals surface area contributed by atoms with E-state index in [1.165, 1.54) is 0 Å². The molecule has 0 bridgehead atoms. The Bertz CT molecular complexity index is 822. The fourth-order valence-electron chi connectivity index (χ4n) is 3.48. The monoisotopic (exact) mass is 387 g/mol. The lowest BCUT2D eigenvalue weighted by molar-refractivity contribution is -0.140. The molecule has 0 radical (unpaired) electrons. The van der Waals surface area contributed by atoms with Crippen molar-refractivity contribution in [1.29, 1.82) is 0 Å². The maximum Gasteiger partial charge on any atom is 0.270 e. The van der Waals surface area contributed by atoms with Crippen LogP contribution in [0, 0.1) is 5.41 Å². The first kappa shape index (κ1) is 19.5. The molecule has 2 aromatic rings. The predicted molar refractivity (Wildman–Crippen MR) is 107 cm³/mol. The highest BCUT2D eigenvalue weighted by Crippen LogP contribution is 2.36. The van der Waals surface area contributed by atoms with Gasteiger partial charge in [-0.15, -0.1) is 0 Å². The summed E-state index contributed by atoms with van der Waals surface area (Å²) in [6, 6.07) is 11.3. The zero-order valence-corrected chi connectivity index (χ0v) is 16.8. The molecule has 1 aromatic carbocycles. The van der Waals surface area contributed by atoms with Gasteiger partial charge in [0, 0.05) is 37.4 Å². The van der Waals surface area contributed by atoms with Crippen LogP contribution in [0.2, 0.25) is 5.02 Å². The molecule has 144 valence electrons. The van der Waals surface area contributed by atoms with E-state index in [4.69, 9.17) is 11.6 Å². The SMILES string of the molecule is CCC(C)NC(=O)C1(Cc2ccc(Cl)cc2)CN(C(=O)c2cccn2C)C1. The fraction of sp³-hybridized carbons (Fsp3) is 0.429. The van der Waals surface area contributed by atoms with E-state index < -0.39 is 5.41 Å². The van der Waals surface area contributed by atoms with Crippen molar-refractivity contribution in [1.82, 2.24) is 14.8 Å². The summed E-state index contributed by atoms with van der Waals surface area (Å²) in [6.07, 6.45) is 3.31. The molecule has 5 nitrogen and oxygen atoms in total. The Hall–Kier alpha value is -2.27. The number of benzene rings is 1. The van der Waals surface area contributed by atoms with Crippen molar-refractivity contribution in [2.24, 2.45) is 12.5 Å². The highest BCUT2D eigenvalue weighted by molar-refractivity contribution is 6.30. The minimum Gasteiger partial charge on any atom is -0.353 e. The predicted octanol–water partition coefficient (Wildman–Crippen LogP) is 3.28. The molecule has 1 atom stereocenters. The van der Waals surface area contributed by atoms with Gasteiger partial charge >= 0.3 is 0 Å². The lowest BCUT2D eigenvalue weighted by Crippen LogP contribution is -2.66. The van der Waals surface area contributed by atoms with Gasteiger partial charge in [-0.05, 0) is 49.6 Å². The average Bonchev–Trinajstić information content (AvgIpc) is 3.04. The third-order valence-corrected chi connectivity index (χ3v) is 5.62. The molecule has 6 heteroatoms. The van der Waals surface area contributed by atoms with E-state index >= 15 is 0 Å². The van der Waals surface area contributed by atoms with Crippen LogP contribution in [0.1, 0.15) is 36.3 Å². The molecule has 1 aliphatic rings. The van der Waals surface area contributed by atoms with Crippen molar-refractivity contribution in [3.8, 4) is 0 Å². The maximum atomic E-state index is 13.0. The minimum atomic E-state index is -0.599. The van der Waals surface area contributed by atoms with Gasteiger partial charge in [0.05, 0.1) is 5.41 Å². The highest BCUT2D eigenvalue weighted by Gasteiger charge is 2.51. The van der Waals surface area contributed by atoms with Crippen LogP contribution in [0.3, 0.4) is 0 Å². The van der Waals surface area contributed by atoms with Crippen molar-refractivity contribution in [3.05, 3.63) is 58.9 Å². The topological polar surface area (TPSA) is 54.3 Å². The maximum absolute atomic E-state index is 13.0. The number of rotatable bonds is 6. The Balaban J connectivity index is 1.78. The second kappa shape index (κ2) is 7.77. The second-order valence-electron chi connectivity index (χ2n) is 7.53. The summed E-state index contributed by atoms with van der Waals surface area (Å²) in [5, 5.41) is 3.77. The molecule has 1 fully saturated rings. The summed E-state index contributed by atoms with van der Waals surface area (Å²) in [5.74, 6) is -0.0201. The first-order valence-corrected chi connectivity index (χ1v) is 9.68. The van der Waals surface area contributed by atoms with E-state index in [1.807, 2.05) is 57.4 Å².